The van der Waals surface area contributed by atoms with Gasteiger partial charge >= 0.3 is 0 Å². The Hall–Kier alpha value is -1.96. The second-order valence-electron chi connectivity index (χ2n) is 4.01. The molecular weight excluding hydrogens is 201 g/mol. The van der Waals surface area contributed by atoms with Gasteiger partial charge in [-0.15, -0.1) is 0 Å². The predicted octanol–water partition coefficient (Wildman–Crippen LogP) is 3.84. The summed E-state index contributed by atoms with van der Waals surface area (Å²) in [6.07, 6.45) is 1.80. The van der Waals surface area contributed by atoms with Crippen LogP contribution in [-0.2, 0) is 0 Å². The molecule has 0 radical (unpaired) electrons. The third-order valence-corrected chi connectivity index (χ3v) is 2.80. The molecule has 0 saturated heterocycles. The third kappa shape index (κ3) is 1.34. The van der Waals surface area contributed by atoms with Gasteiger partial charge in [-0.1, -0.05) is 17.7 Å². The van der Waals surface area contributed by atoms with Crippen LogP contribution in [0.4, 0.5) is 4.39 Å². The van der Waals surface area contributed by atoms with E-state index in [1.165, 1.54) is 17.7 Å². The van der Waals surface area contributed by atoms with E-state index in [1.54, 1.807) is 12.3 Å². The van der Waals surface area contributed by atoms with E-state index in [9.17, 15) is 4.39 Å². The van der Waals surface area contributed by atoms with Crippen molar-refractivity contribution >= 4 is 21.7 Å². The molecule has 0 aliphatic carbocycles. The lowest BCUT2D eigenvalue weighted by Gasteiger charge is -2.03. The summed E-state index contributed by atoms with van der Waals surface area (Å²) in [5, 5.41) is 3.22. The van der Waals surface area contributed by atoms with Gasteiger partial charge < -0.3 is 0 Å². The Bertz CT molecular complexity index is 628. The van der Waals surface area contributed by atoms with Gasteiger partial charge in [0.1, 0.15) is 5.82 Å². The lowest BCUT2D eigenvalue weighted by Crippen LogP contribution is -1.84. The summed E-state index contributed by atoms with van der Waals surface area (Å²) < 4.78 is 13.1. The van der Waals surface area contributed by atoms with E-state index in [1.807, 2.05) is 6.92 Å². The Labute approximate surface area is 92.5 Å². The van der Waals surface area contributed by atoms with Crippen molar-refractivity contribution in [3.63, 3.8) is 0 Å². The number of fused-ring (bicyclic) bond motifs is 3. The number of pyridine rings is 1. The van der Waals surface area contributed by atoms with Gasteiger partial charge in [0, 0.05) is 23.0 Å². The van der Waals surface area contributed by atoms with Crippen molar-refractivity contribution < 1.29 is 4.39 Å². The molecule has 78 valence electrons. The first kappa shape index (κ1) is 9.28. The zero-order valence-electron chi connectivity index (χ0n) is 8.87. The maximum atomic E-state index is 13.1. The minimum Gasteiger partial charge on any atom is -0.255 e. The Kier molecular flexibility index (Phi) is 1.90. The van der Waals surface area contributed by atoms with Crippen molar-refractivity contribution in [2.75, 3.05) is 0 Å². The van der Waals surface area contributed by atoms with Crippen LogP contribution in [0.2, 0.25) is 0 Å². The highest BCUT2D eigenvalue weighted by Crippen LogP contribution is 2.24. The molecule has 3 aromatic rings. The summed E-state index contributed by atoms with van der Waals surface area (Å²) in [7, 11) is 0. The number of aryl methyl sites for hydroxylation is 1. The average molecular weight is 211 g/mol. The van der Waals surface area contributed by atoms with Crippen LogP contribution in [0.25, 0.3) is 21.7 Å². The van der Waals surface area contributed by atoms with Gasteiger partial charge in [0.2, 0.25) is 0 Å². The summed E-state index contributed by atoms with van der Waals surface area (Å²) in [4.78, 5) is 4.27. The van der Waals surface area contributed by atoms with Gasteiger partial charge in [-0.25, -0.2) is 4.39 Å². The van der Waals surface area contributed by atoms with Gasteiger partial charge in [0.05, 0.1) is 5.52 Å². The van der Waals surface area contributed by atoms with Crippen LogP contribution in [0.15, 0.2) is 42.6 Å². The van der Waals surface area contributed by atoms with Crippen LogP contribution in [0.5, 0.6) is 0 Å². The quantitative estimate of drug-likeness (QED) is 0.515. The van der Waals surface area contributed by atoms with Gasteiger partial charge in [0.25, 0.3) is 0 Å². The Morgan fingerprint density at radius 1 is 1.00 bits per heavy atom. The molecule has 0 aliphatic rings. The van der Waals surface area contributed by atoms with Gasteiger partial charge in [-0.3, -0.25) is 4.98 Å². The number of nitrogens with zero attached hydrogens (tertiary/aromatic N) is 1. The standard InChI is InChI=1S/C14H10FN/c1-9-2-4-12-10(6-9)8-16-14-7-11(15)3-5-13(12)14/h2-8H,1H3. The summed E-state index contributed by atoms with van der Waals surface area (Å²) in [6.45, 7) is 2.05. The first-order valence-corrected chi connectivity index (χ1v) is 5.19. The number of benzene rings is 2. The minimum absolute atomic E-state index is 0.244. The van der Waals surface area contributed by atoms with Crippen molar-refractivity contribution in [3.05, 3.63) is 54.0 Å². The van der Waals surface area contributed by atoms with Crippen LogP contribution in [-0.4, -0.2) is 4.98 Å². The van der Waals surface area contributed by atoms with Gasteiger partial charge in [-0.05, 0) is 30.5 Å². The zero-order chi connectivity index (χ0) is 11.1. The molecule has 0 unspecified atom stereocenters. The third-order valence-electron chi connectivity index (χ3n) is 2.80. The van der Waals surface area contributed by atoms with Crippen molar-refractivity contribution in [2.24, 2.45) is 0 Å². The first-order valence-electron chi connectivity index (χ1n) is 5.19. The summed E-state index contributed by atoms with van der Waals surface area (Å²) in [5.74, 6) is -0.244. The van der Waals surface area contributed by atoms with E-state index < -0.39 is 0 Å². The van der Waals surface area contributed by atoms with Crippen molar-refractivity contribution in [3.8, 4) is 0 Å². The number of hydrogen-bond donors (Lipinski definition) is 0. The van der Waals surface area contributed by atoms with Crippen LogP contribution in [0, 0.1) is 12.7 Å². The Morgan fingerprint density at radius 2 is 1.81 bits per heavy atom. The van der Waals surface area contributed by atoms with E-state index in [0.29, 0.717) is 5.52 Å². The molecule has 16 heavy (non-hydrogen) atoms. The Morgan fingerprint density at radius 3 is 2.69 bits per heavy atom. The molecule has 2 aromatic carbocycles. The molecule has 1 nitrogen and oxygen atoms in total. The maximum absolute atomic E-state index is 13.1. The second-order valence-corrected chi connectivity index (χ2v) is 4.01. The lowest BCUT2D eigenvalue weighted by molar-refractivity contribution is 0.629. The van der Waals surface area contributed by atoms with E-state index >= 15 is 0 Å². The number of aromatic nitrogens is 1. The molecule has 0 fully saturated rings. The zero-order valence-corrected chi connectivity index (χ0v) is 8.87. The van der Waals surface area contributed by atoms with Crippen molar-refractivity contribution in [2.45, 2.75) is 6.92 Å². The van der Waals surface area contributed by atoms with Gasteiger partial charge in [-0.2, -0.15) is 0 Å². The van der Waals surface area contributed by atoms with Crippen LogP contribution in [0.1, 0.15) is 5.56 Å². The largest absolute Gasteiger partial charge is 0.255 e. The van der Waals surface area contributed by atoms with Gasteiger partial charge in [0.15, 0.2) is 0 Å². The summed E-state index contributed by atoms with van der Waals surface area (Å²) in [6, 6.07) is 10.9. The van der Waals surface area contributed by atoms with E-state index in [0.717, 1.165) is 16.2 Å². The van der Waals surface area contributed by atoms with Crippen LogP contribution >= 0.6 is 0 Å². The topological polar surface area (TPSA) is 12.9 Å². The SMILES string of the molecule is Cc1ccc2c(cnc3cc(F)ccc32)c1. The minimum atomic E-state index is -0.244. The molecular formula is C14H10FN. The number of rotatable bonds is 0. The number of hydrogen-bond acceptors (Lipinski definition) is 1. The molecule has 0 bridgehead atoms. The highest BCUT2D eigenvalue weighted by atomic mass is 19.1. The highest BCUT2D eigenvalue weighted by Gasteiger charge is 2.02. The lowest BCUT2D eigenvalue weighted by atomic mass is 10.0. The fourth-order valence-electron chi connectivity index (χ4n) is 2.01. The molecule has 1 aromatic heterocycles. The fraction of sp³-hybridized carbons (Fsp3) is 0.0714. The summed E-state index contributed by atoms with van der Waals surface area (Å²) >= 11 is 0. The highest BCUT2D eigenvalue weighted by molar-refractivity contribution is 6.05. The normalized spacial score (nSPS) is 11.1. The van der Waals surface area contributed by atoms with Crippen LogP contribution in [0.3, 0.4) is 0 Å². The molecule has 0 spiro atoms. The maximum Gasteiger partial charge on any atom is 0.125 e. The monoisotopic (exact) mass is 211 g/mol. The number of halogens is 1. The summed E-state index contributed by atoms with van der Waals surface area (Å²) in [5.41, 5.74) is 1.91. The van der Waals surface area contributed by atoms with Crippen molar-refractivity contribution in [1.82, 2.24) is 4.98 Å². The fourth-order valence-corrected chi connectivity index (χ4v) is 2.01. The smallest absolute Gasteiger partial charge is 0.125 e. The molecule has 1 heterocycles. The molecule has 0 atom stereocenters. The molecule has 3 rings (SSSR count). The van der Waals surface area contributed by atoms with Crippen molar-refractivity contribution in [1.29, 1.82) is 0 Å². The van der Waals surface area contributed by atoms with E-state index in [4.69, 9.17) is 0 Å². The molecule has 0 aliphatic heterocycles. The predicted molar refractivity (Wildman–Crippen MR) is 63.9 cm³/mol. The van der Waals surface area contributed by atoms with E-state index in [2.05, 4.69) is 23.2 Å². The first-order chi connectivity index (χ1) is 7.74. The van der Waals surface area contributed by atoms with Crippen LogP contribution < -0.4 is 0 Å². The van der Waals surface area contributed by atoms with E-state index in [-0.39, 0.29) is 5.82 Å². The molecule has 0 saturated carbocycles. The Balaban J connectivity index is 2.50. The average Bonchev–Trinajstić information content (AvgIpc) is 2.28. The molecule has 2 heteroatoms. The molecule has 0 amide bonds. The molecule has 0 N–H and O–H groups in total. The second kappa shape index (κ2) is 3.27.